The van der Waals surface area contributed by atoms with E-state index in [-0.39, 0.29) is 12.3 Å². The number of hydrogen-bond acceptors (Lipinski definition) is 4. The molecule has 0 radical (unpaired) electrons. The van der Waals surface area contributed by atoms with Crippen molar-refractivity contribution in [3.05, 3.63) is 53.6 Å². The van der Waals surface area contributed by atoms with E-state index in [1.807, 2.05) is 37.5 Å². The molecule has 0 saturated heterocycles. The molecule has 2 aromatic rings. The minimum Gasteiger partial charge on any atom is -0.493 e. The van der Waals surface area contributed by atoms with Gasteiger partial charge >= 0.3 is 5.97 Å². The first-order valence-electron chi connectivity index (χ1n) is 10.2. The predicted molar refractivity (Wildman–Crippen MR) is 115 cm³/mol. The summed E-state index contributed by atoms with van der Waals surface area (Å²) in [7, 11) is 0. The molecule has 0 amide bonds. The molecule has 0 fully saturated rings. The molecule has 3 rings (SSSR count). The number of nitrogens with zero attached hydrogens (tertiary/aromatic N) is 3. The number of rotatable bonds is 10. The molecule has 1 aromatic carbocycles. The number of carboxylic acid groups (broad SMARTS) is 1. The first-order chi connectivity index (χ1) is 14.0. The summed E-state index contributed by atoms with van der Waals surface area (Å²) in [6.07, 6.45) is 8.81. The van der Waals surface area contributed by atoms with Crippen molar-refractivity contribution in [2.45, 2.75) is 46.1 Å². The Hall–Kier alpha value is -2.89. The average Bonchev–Trinajstić information content (AvgIpc) is 3.07. The van der Waals surface area contributed by atoms with E-state index in [4.69, 9.17) is 9.84 Å². The van der Waals surface area contributed by atoms with Crippen molar-refractivity contribution in [2.75, 3.05) is 13.2 Å². The molecule has 0 spiro atoms. The number of dihydropyridines is 1. The van der Waals surface area contributed by atoms with Crippen LogP contribution in [-0.2, 0) is 11.3 Å². The lowest BCUT2D eigenvalue weighted by molar-refractivity contribution is -0.138. The lowest BCUT2D eigenvalue weighted by Gasteiger charge is -2.16. The van der Waals surface area contributed by atoms with Gasteiger partial charge in [0, 0.05) is 42.2 Å². The van der Waals surface area contributed by atoms with E-state index in [9.17, 15) is 4.79 Å². The van der Waals surface area contributed by atoms with Crippen molar-refractivity contribution >= 4 is 17.8 Å². The molecular weight excluding hydrogens is 366 g/mol. The Balaban J connectivity index is 1.66. The number of carbonyl (C=O) groups is 1. The highest BCUT2D eigenvalue weighted by Crippen LogP contribution is 2.24. The van der Waals surface area contributed by atoms with Crippen LogP contribution < -0.4 is 4.74 Å². The third kappa shape index (κ3) is 5.79. The molecule has 0 unspecified atom stereocenters. The Morgan fingerprint density at radius 3 is 2.93 bits per heavy atom. The van der Waals surface area contributed by atoms with Gasteiger partial charge in [0.2, 0.25) is 0 Å². The summed E-state index contributed by atoms with van der Waals surface area (Å²) in [5.74, 6) is 1.22. The second kappa shape index (κ2) is 10.0. The van der Waals surface area contributed by atoms with Crippen LogP contribution in [0.5, 0.6) is 5.75 Å². The molecule has 0 bridgehead atoms. The molecule has 29 heavy (non-hydrogen) atoms. The fourth-order valence-corrected chi connectivity index (χ4v) is 3.51. The topological polar surface area (TPSA) is 76.7 Å². The van der Waals surface area contributed by atoms with E-state index in [2.05, 4.69) is 33.6 Å². The molecule has 1 N–H and O–H groups in total. The molecule has 6 heteroatoms. The second-order valence-electron chi connectivity index (χ2n) is 7.59. The maximum Gasteiger partial charge on any atom is 0.303 e. The highest BCUT2D eigenvalue weighted by atomic mass is 16.5. The molecule has 1 aliphatic heterocycles. The van der Waals surface area contributed by atoms with Gasteiger partial charge in [-0.15, -0.1) is 0 Å². The normalized spacial score (nSPS) is 14.5. The second-order valence-corrected chi connectivity index (χ2v) is 7.59. The number of aliphatic carboxylic acids is 1. The third-order valence-corrected chi connectivity index (χ3v) is 5.09. The Bertz CT molecular complexity index is 899. The zero-order valence-electron chi connectivity index (χ0n) is 17.2. The fourth-order valence-electron chi connectivity index (χ4n) is 3.51. The van der Waals surface area contributed by atoms with Crippen LogP contribution in [0.1, 0.15) is 49.7 Å². The van der Waals surface area contributed by atoms with E-state index >= 15 is 0 Å². The van der Waals surface area contributed by atoms with Crippen LogP contribution in [-0.4, -0.2) is 40.0 Å². The van der Waals surface area contributed by atoms with Crippen molar-refractivity contribution in [3.8, 4) is 5.75 Å². The lowest BCUT2D eigenvalue weighted by atomic mass is 10.0. The largest absolute Gasteiger partial charge is 0.493 e. The Morgan fingerprint density at radius 2 is 2.17 bits per heavy atom. The van der Waals surface area contributed by atoms with E-state index < -0.39 is 5.97 Å². The number of ether oxygens (including phenoxy) is 1. The molecular formula is C23H29N3O3. The molecule has 1 aliphatic rings. The van der Waals surface area contributed by atoms with Crippen LogP contribution >= 0.6 is 0 Å². The molecule has 0 saturated carbocycles. The van der Waals surface area contributed by atoms with Crippen LogP contribution in [0, 0.1) is 12.8 Å². The summed E-state index contributed by atoms with van der Waals surface area (Å²) in [6, 6.07) is 8.06. The van der Waals surface area contributed by atoms with Gasteiger partial charge in [0.05, 0.1) is 13.2 Å². The van der Waals surface area contributed by atoms with Gasteiger partial charge in [-0.3, -0.25) is 9.79 Å². The lowest BCUT2D eigenvalue weighted by Crippen LogP contribution is -2.10. The van der Waals surface area contributed by atoms with Gasteiger partial charge < -0.3 is 14.4 Å². The number of imidazole rings is 1. The van der Waals surface area contributed by atoms with Crippen LogP contribution in [0.25, 0.3) is 5.57 Å². The number of carboxylic acids is 1. The summed E-state index contributed by atoms with van der Waals surface area (Å²) in [6.45, 7) is 6.12. The Kier molecular flexibility index (Phi) is 7.22. The van der Waals surface area contributed by atoms with Crippen LogP contribution in [0.4, 0.5) is 0 Å². The average molecular weight is 396 g/mol. The van der Waals surface area contributed by atoms with E-state index in [1.54, 1.807) is 0 Å². The molecule has 2 heterocycles. The van der Waals surface area contributed by atoms with Crippen LogP contribution in [0.3, 0.4) is 0 Å². The van der Waals surface area contributed by atoms with Gasteiger partial charge in [0.25, 0.3) is 0 Å². The quantitative estimate of drug-likeness (QED) is 0.606. The van der Waals surface area contributed by atoms with E-state index in [0.29, 0.717) is 13.2 Å². The molecule has 154 valence electrons. The monoisotopic (exact) mass is 395 g/mol. The zero-order chi connectivity index (χ0) is 20.6. The minimum absolute atomic E-state index is 0.160. The Morgan fingerprint density at radius 1 is 1.34 bits per heavy atom. The third-order valence-electron chi connectivity index (χ3n) is 5.09. The first-order valence-corrected chi connectivity index (χ1v) is 10.2. The van der Waals surface area contributed by atoms with Crippen molar-refractivity contribution in [3.63, 3.8) is 0 Å². The number of aryl methyl sites for hydroxylation is 1. The van der Waals surface area contributed by atoms with Crippen molar-refractivity contribution in [1.29, 1.82) is 0 Å². The summed E-state index contributed by atoms with van der Waals surface area (Å²) >= 11 is 0. The fraction of sp³-hybridized carbons (Fsp3) is 0.435. The maximum absolute atomic E-state index is 10.8. The van der Waals surface area contributed by atoms with Gasteiger partial charge in [-0.2, -0.15) is 0 Å². The van der Waals surface area contributed by atoms with Gasteiger partial charge in [0.1, 0.15) is 11.6 Å². The summed E-state index contributed by atoms with van der Waals surface area (Å²) < 4.78 is 8.24. The zero-order valence-corrected chi connectivity index (χ0v) is 17.2. The maximum atomic E-state index is 10.8. The number of allylic oxidation sites excluding steroid dienone is 1. The highest BCUT2D eigenvalue weighted by Gasteiger charge is 2.14. The number of aliphatic imine (C=N–C) groups is 1. The van der Waals surface area contributed by atoms with Gasteiger partial charge in [-0.25, -0.2) is 4.98 Å². The summed E-state index contributed by atoms with van der Waals surface area (Å²) in [5.41, 5.74) is 3.26. The smallest absolute Gasteiger partial charge is 0.303 e. The molecule has 1 aromatic heterocycles. The van der Waals surface area contributed by atoms with Crippen molar-refractivity contribution in [1.82, 2.24) is 9.55 Å². The summed E-state index contributed by atoms with van der Waals surface area (Å²) in [4.78, 5) is 19.8. The molecule has 0 aliphatic carbocycles. The van der Waals surface area contributed by atoms with E-state index in [1.165, 1.54) is 0 Å². The first kappa shape index (κ1) is 20.8. The van der Waals surface area contributed by atoms with Crippen LogP contribution in [0.2, 0.25) is 0 Å². The van der Waals surface area contributed by atoms with Crippen LogP contribution in [0.15, 0.2) is 41.5 Å². The number of para-hydroxylation sites is 1. The molecule has 6 nitrogen and oxygen atoms in total. The molecule has 1 atom stereocenters. The van der Waals surface area contributed by atoms with Gasteiger partial charge in [-0.05, 0) is 38.2 Å². The van der Waals surface area contributed by atoms with Gasteiger partial charge in [0.15, 0.2) is 0 Å². The number of aromatic nitrogens is 2. The van der Waals surface area contributed by atoms with E-state index in [0.717, 1.165) is 54.2 Å². The Labute approximate surface area is 172 Å². The van der Waals surface area contributed by atoms with Gasteiger partial charge in [-0.1, -0.05) is 31.2 Å². The number of hydrogen-bond donors (Lipinski definition) is 1. The minimum atomic E-state index is -0.742. The van der Waals surface area contributed by atoms with Crippen molar-refractivity contribution in [2.24, 2.45) is 10.9 Å². The predicted octanol–water partition coefficient (Wildman–Crippen LogP) is 4.37. The number of benzene rings is 1. The standard InChI is InChI=1S/C23H29N3O3/c1-17(13-22(27)28)7-6-12-29-21-10-4-3-8-20(21)16-26-18(2)14-25-23(26)19-9-5-11-24-15-19/h3-4,8-10,14-15,17H,5-7,11-13,16H2,1-2H3,(H,27,28)/t17-/m1/s1. The van der Waals surface area contributed by atoms with Crippen molar-refractivity contribution < 1.29 is 14.6 Å². The highest BCUT2D eigenvalue weighted by molar-refractivity contribution is 6.08. The summed E-state index contributed by atoms with van der Waals surface area (Å²) in [5, 5.41) is 8.87. The SMILES string of the molecule is Cc1cnc(C2=CCCN=C2)n1Cc1ccccc1OCCC[C@@H](C)CC(=O)O.